The van der Waals surface area contributed by atoms with E-state index in [1.54, 1.807) is 0 Å². The number of nitrogens with one attached hydrogen (secondary N) is 1. The van der Waals surface area contributed by atoms with E-state index in [0.29, 0.717) is 0 Å². The number of aromatic amines is 1. The highest BCUT2D eigenvalue weighted by Crippen LogP contribution is 2.18. The molecule has 0 aromatic carbocycles. The molecule has 7 heteroatoms. The molecule has 1 rings (SSSR count). The topological polar surface area (TPSA) is 54.5 Å². The molecule has 1 aromatic rings. The van der Waals surface area contributed by atoms with Crippen molar-refractivity contribution in [3.05, 3.63) is 5.82 Å². The molecule has 0 saturated heterocycles. The lowest BCUT2D eigenvalue weighted by atomic mass is 10.4. The first-order valence-corrected chi connectivity index (χ1v) is 2.37. The molecule has 10 heavy (non-hydrogen) atoms. The fourth-order valence-corrected chi connectivity index (χ4v) is 0.444. The van der Waals surface area contributed by atoms with Crippen LogP contribution in [0.4, 0.5) is 13.2 Å². The maximum absolute atomic E-state index is 11.5. The van der Waals surface area contributed by atoms with Gasteiger partial charge in [-0.3, -0.25) is 0 Å². The van der Waals surface area contributed by atoms with Crippen molar-refractivity contribution < 1.29 is 13.2 Å². The van der Waals surface area contributed by atoms with Crippen LogP contribution in [0.2, 0.25) is 0 Å². The van der Waals surface area contributed by atoms with Crippen molar-refractivity contribution in [1.82, 2.24) is 20.6 Å². The Hall–Kier alpha value is -1.14. The molecule has 1 aromatic heterocycles. The Morgan fingerprint density at radius 2 is 2.10 bits per heavy atom. The van der Waals surface area contributed by atoms with Crippen molar-refractivity contribution in [3.63, 3.8) is 0 Å². The van der Waals surface area contributed by atoms with Crippen LogP contribution in [0.25, 0.3) is 0 Å². The number of H-pyrrole nitrogens is 1. The molecular formula is C3H3F3N4. The molecule has 0 atom stereocenters. The SMILES string of the molecule is FC(F)(F)Cc1nnn[nH]1. The normalized spacial score (nSPS) is 11.9. The summed E-state index contributed by atoms with van der Waals surface area (Å²) in [6.07, 6.45) is -5.36. The average Bonchev–Trinajstić information content (AvgIpc) is 2.12. The van der Waals surface area contributed by atoms with Gasteiger partial charge in [0, 0.05) is 0 Å². The fraction of sp³-hybridized carbons (Fsp3) is 0.667. The van der Waals surface area contributed by atoms with Gasteiger partial charge in [0.25, 0.3) is 0 Å². The van der Waals surface area contributed by atoms with Gasteiger partial charge in [0.15, 0.2) is 5.82 Å². The third-order valence-electron chi connectivity index (χ3n) is 0.757. The number of tetrazole rings is 1. The number of halogens is 3. The minimum Gasteiger partial charge on any atom is -0.243 e. The standard InChI is InChI=1S/C3H3F3N4/c4-3(5,6)1-2-7-9-10-8-2/h1H2,(H,7,8,9,10). The van der Waals surface area contributed by atoms with E-state index in [9.17, 15) is 13.2 Å². The summed E-state index contributed by atoms with van der Waals surface area (Å²) in [5, 5.41) is 11.0. The molecule has 0 spiro atoms. The summed E-state index contributed by atoms with van der Waals surface area (Å²) in [6.45, 7) is 0. The number of aromatic nitrogens is 4. The molecule has 1 N–H and O–H groups in total. The number of alkyl halides is 3. The second-order valence-corrected chi connectivity index (χ2v) is 1.64. The molecule has 0 aliphatic rings. The first-order chi connectivity index (χ1) is 4.58. The van der Waals surface area contributed by atoms with E-state index in [0.717, 1.165) is 0 Å². The third-order valence-corrected chi connectivity index (χ3v) is 0.757. The summed E-state index contributed by atoms with van der Waals surface area (Å²) in [6, 6.07) is 0. The molecule has 4 nitrogen and oxygen atoms in total. The molecule has 0 radical (unpaired) electrons. The zero-order chi connectivity index (χ0) is 7.61. The van der Waals surface area contributed by atoms with Crippen molar-refractivity contribution in [2.24, 2.45) is 0 Å². The van der Waals surface area contributed by atoms with Gasteiger partial charge in [-0.1, -0.05) is 0 Å². The van der Waals surface area contributed by atoms with Crippen molar-refractivity contribution in [2.75, 3.05) is 0 Å². The Balaban J connectivity index is 2.57. The van der Waals surface area contributed by atoms with Crippen molar-refractivity contribution in [3.8, 4) is 0 Å². The summed E-state index contributed by atoms with van der Waals surface area (Å²) in [7, 11) is 0. The van der Waals surface area contributed by atoms with Crippen LogP contribution in [0.15, 0.2) is 0 Å². The summed E-state index contributed by atoms with van der Waals surface area (Å²) in [5.41, 5.74) is 0. The van der Waals surface area contributed by atoms with Gasteiger partial charge in [0.2, 0.25) is 0 Å². The minimum absolute atomic E-state index is 0.271. The van der Waals surface area contributed by atoms with E-state index >= 15 is 0 Å². The number of hydrogen-bond acceptors (Lipinski definition) is 3. The molecule has 0 aliphatic heterocycles. The highest BCUT2D eigenvalue weighted by molar-refractivity contribution is 4.79. The molecule has 0 bridgehead atoms. The van der Waals surface area contributed by atoms with Crippen LogP contribution in [0, 0.1) is 0 Å². The van der Waals surface area contributed by atoms with Crippen LogP contribution in [0.3, 0.4) is 0 Å². The molecule has 0 fully saturated rings. The minimum atomic E-state index is -4.25. The van der Waals surface area contributed by atoms with Crippen molar-refractivity contribution in [2.45, 2.75) is 12.6 Å². The van der Waals surface area contributed by atoms with E-state index in [1.165, 1.54) is 0 Å². The molecule has 56 valence electrons. The fourth-order valence-electron chi connectivity index (χ4n) is 0.444. The van der Waals surface area contributed by atoms with Crippen molar-refractivity contribution in [1.29, 1.82) is 0 Å². The van der Waals surface area contributed by atoms with E-state index < -0.39 is 12.6 Å². The maximum Gasteiger partial charge on any atom is 0.396 e. The van der Waals surface area contributed by atoms with Gasteiger partial charge in [-0.25, -0.2) is 5.10 Å². The smallest absolute Gasteiger partial charge is 0.243 e. The van der Waals surface area contributed by atoms with E-state index in [2.05, 4.69) is 15.5 Å². The summed E-state index contributed by atoms with van der Waals surface area (Å²) in [4.78, 5) is 0. The van der Waals surface area contributed by atoms with Gasteiger partial charge in [0.05, 0.1) is 0 Å². The van der Waals surface area contributed by atoms with Crippen LogP contribution in [-0.2, 0) is 6.42 Å². The predicted octanol–water partition coefficient (Wildman–Crippen LogP) is 0.304. The Bertz CT molecular complexity index is 190. The van der Waals surface area contributed by atoms with Gasteiger partial charge < -0.3 is 0 Å². The van der Waals surface area contributed by atoms with Gasteiger partial charge in [-0.2, -0.15) is 13.2 Å². The Labute approximate surface area is 53.4 Å². The van der Waals surface area contributed by atoms with E-state index in [1.807, 2.05) is 5.10 Å². The summed E-state index contributed by atoms with van der Waals surface area (Å²) in [5.74, 6) is -0.271. The van der Waals surface area contributed by atoms with Crippen LogP contribution in [-0.4, -0.2) is 26.8 Å². The molecular weight excluding hydrogens is 149 g/mol. The zero-order valence-electron chi connectivity index (χ0n) is 4.68. The molecule has 0 amide bonds. The monoisotopic (exact) mass is 152 g/mol. The third kappa shape index (κ3) is 2.00. The van der Waals surface area contributed by atoms with Crippen LogP contribution < -0.4 is 0 Å². The highest BCUT2D eigenvalue weighted by atomic mass is 19.4. The largest absolute Gasteiger partial charge is 0.396 e. The van der Waals surface area contributed by atoms with Crippen LogP contribution in [0.5, 0.6) is 0 Å². The predicted molar refractivity (Wildman–Crippen MR) is 23.9 cm³/mol. The Kier molecular flexibility index (Phi) is 1.56. The highest BCUT2D eigenvalue weighted by Gasteiger charge is 2.29. The average molecular weight is 152 g/mol. The number of nitrogens with zero attached hydrogens (tertiary/aromatic N) is 3. The zero-order valence-corrected chi connectivity index (χ0v) is 4.68. The lowest BCUT2D eigenvalue weighted by molar-refractivity contribution is -0.128. The molecule has 0 unspecified atom stereocenters. The summed E-state index contributed by atoms with van der Waals surface area (Å²) >= 11 is 0. The van der Waals surface area contributed by atoms with Crippen LogP contribution >= 0.6 is 0 Å². The first kappa shape index (κ1) is 6.97. The van der Waals surface area contributed by atoms with E-state index in [-0.39, 0.29) is 5.82 Å². The molecule has 1 heterocycles. The van der Waals surface area contributed by atoms with Crippen molar-refractivity contribution >= 4 is 0 Å². The number of hydrogen-bond donors (Lipinski definition) is 1. The quantitative estimate of drug-likeness (QED) is 0.629. The van der Waals surface area contributed by atoms with Gasteiger partial charge in [-0.05, 0) is 10.4 Å². The number of rotatable bonds is 1. The Morgan fingerprint density at radius 3 is 2.50 bits per heavy atom. The lowest BCUT2D eigenvalue weighted by Gasteiger charge is -1.99. The van der Waals surface area contributed by atoms with Gasteiger partial charge in [-0.15, -0.1) is 5.10 Å². The molecule has 0 saturated carbocycles. The van der Waals surface area contributed by atoms with Crippen LogP contribution in [0.1, 0.15) is 5.82 Å². The maximum atomic E-state index is 11.5. The second kappa shape index (κ2) is 2.24. The first-order valence-electron chi connectivity index (χ1n) is 2.37. The summed E-state index contributed by atoms with van der Waals surface area (Å²) < 4.78 is 34.5. The van der Waals surface area contributed by atoms with E-state index in [4.69, 9.17) is 0 Å². The van der Waals surface area contributed by atoms with Gasteiger partial charge in [0.1, 0.15) is 6.42 Å². The second-order valence-electron chi connectivity index (χ2n) is 1.64. The van der Waals surface area contributed by atoms with Gasteiger partial charge >= 0.3 is 6.18 Å². The Morgan fingerprint density at radius 1 is 1.40 bits per heavy atom. The molecule has 0 aliphatic carbocycles. The lowest BCUT2D eigenvalue weighted by Crippen LogP contribution is -2.12.